The van der Waals surface area contributed by atoms with Crippen LogP contribution >= 0.6 is 11.6 Å². The maximum atomic E-state index is 11.8. The number of halogens is 1. The minimum Gasteiger partial charge on any atom is -0.507 e. The lowest BCUT2D eigenvalue weighted by molar-refractivity contribution is 0.0596. The van der Waals surface area contributed by atoms with E-state index in [9.17, 15) is 9.90 Å². The Morgan fingerprint density at radius 3 is 2.32 bits per heavy atom. The second-order valence-corrected chi connectivity index (χ2v) is 4.67. The summed E-state index contributed by atoms with van der Waals surface area (Å²) in [5.74, 6) is -0.157. The molecule has 0 bridgehead atoms. The molecule has 1 aromatic carbocycles. The van der Waals surface area contributed by atoms with Gasteiger partial charge in [-0.2, -0.15) is 0 Å². The first-order chi connectivity index (χ1) is 8.99. The Hall–Kier alpha value is -1.26. The van der Waals surface area contributed by atoms with Crippen LogP contribution in [0.4, 0.5) is 0 Å². The highest BCUT2D eigenvalue weighted by atomic mass is 35.5. The third-order valence-electron chi connectivity index (χ3n) is 3.26. The Bertz CT molecular complexity index is 483. The number of carbonyl (C=O) groups is 1. The van der Waals surface area contributed by atoms with Gasteiger partial charge in [-0.15, -0.1) is 11.6 Å². The molecule has 1 N–H and O–H groups in total. The molecule has 0 unspecified atom stereocenters. The summed E-state index contributed by atoms with van der Waals surface area (Å²) in [7, 11) is 2.88. The van der Waals surface area contributed by atoms with E-state index in [1.54, 1.807) is 21.0 Å². The fourth-order valence-electron chi connectivity index (χ4n) is 2.24. The van der Waals surface area contributed by atoms with Gasteiger partial charge in [-0.1, -0.05) is 0 Å². The number of alkyl halides is 1. The summed E-state index contributed by atoms with van der Waals surface area (Å²) in [4.78, 5) is 11.8. The summed E-state index contributed by atoms with van der Waals surface area (Å²) >= 11 is 5.82. The topological polar surface area (TPSA) is 55.8 Å². The van der Waals surface area contributed by atoms with E-state index >= 15 is 0 Å². The first-order valence-electron chi connectivity index (χ1n) is 5.96. The first kappa shape index (κ1) is 15.8. The molecule has 0 fully saturated rings. The van der Waals surface area contributed by atoms with Crippen LogP contribution in [0, 0.1) is 13.8 Å². The Morgan fingerprint density at radius 2 is 1.84 bits per heavy atom. The molecule has 1 aromatic rings. The lowest BCUT2D eigenvalue weighted by Crippen LogP contribution is -2.12. The van der Waals surface area contributed by atoms with Crippen LogP contribution in [0.15, 0.2) is 0 Å². The van der Waals surface area contributed by atoms with E-state index in [0.29, 0.717) is 30.0 Å². The van der Waals surface area contributed by atoms with Crippen molar-refractivity contribution < 1.29 is 19.4 Å². The van der Waals surface area contributed by atoms with Gasteiger partial charge in [0, 0.05) is 13.0 Å². The molecule has 0 saturated heterocycles. The number of phenols is 1. The second-order valence-electron chi connectivity index (χ2n) is 4.29. The smallest absolute Gasteiger partial charge is 0.341 e. The van der Waals surface area contributed by atoms with E-state index in [4.69, 9.17) is 21.1 Å². The molecule has 0 aliphatic carbocycles. The highest BCUT2D eigenvalue weighted by Gasteiger charge is 2.23. The normalized spacial score (nSPS) is 10.6. The Balaban J connectivity index is 3.57. The lowest BCUT2D eigenvalue weighted by atomic mass is 9.90. The number of hydrogen-bond acceptors (Lipinski definition) is 4. The average Bonchev–Trinajstić information content (AvgIpc) is 2.40. The molecule has 0 aliphatic heterocycles. The standard InChI is InChI=1S/C14H19ClO4/c1-8-10(5-6-15)11(7-18-3)9(2)13(16)12(8)14(17)19-4/h16H,5-7H2,1-4H3. The van der Waals surface area contributed by atoms with Crippen LogP contribution in [0.1, 0.15) is 32.6 Å². The number of carbonyl (C=O) groups excluding carboxylic acids is 1. The molecular weight excluding hydrogens is 268 g/mol. The Labute approximate surface area is 118 Å². The van der Waals surface area contributed by atoms with Crippen molar-refractivity contribution in [2.45, 2.75) is 26.9 Å². The minimum atomic E-state index is -0.544. The van der Waals surface area contributed by atoms with Crippen molar-refractivity contribution in [3.63, 3.8) is 0 Å². The van der Waals surface area contributed by atoms with Crippen LogP contribution in [-0.4, -0.2) is 31.2 Å². The molecule has 19 heavy (non-hydrogen) atoms. The maximum Gasteiger partial charge on any atom is 0.341 e. The van der Waals surface area contributed by atoms with E-state index in [1.807, 2.05) is 0 Å². The van der Waals surface area contributed by atoms with Crippen LogP contribution in [0.25, 0.3) is 0 Å². The van der Waals surface area contributed by atoms with Crippen LogP contribution in [0.3, 0.4) is 0 Å². The molecule has 106 valence electrons. The molecule has 0 amide bonds. The highest BCUT2D eigenvalue weighted by molar-refractivity contribution is 6.18. The van der Waals surface area contributed by atoms with E-state index in [1.165, 1.54) is 7.11 Å². The SMILES string of the molecule is COCc1c(C)c(O)c(C(=O)OC)c(C)c1CCCl. The molecule has 1 rings (SSSR count). The molecule has 0 atom stereocenters. The van der Waals surface area contributed by atoms with Crippen molar-refractivity contribution in [1.29, 1.82) is 0 Å². The zero-order chi connectivity index (χ0) is 14.6. The van der Waals surface area contributed by atoms with E-state index in [0.717, 1.165) is 11.1 Å². The largest absolute Gasteiger partial charge is 0.507 e. The maximum absolute atomic E-state index is 11.8. The van der Waals surface area contributed by atoms with Crippen LogP contribution < -0.4 is 0 Å². The minimum absolute atomic E-state index is 0.0466. The number of ether oxygens (including phenoxy) is 2. The molecule has 0 heterocycles. The number of methoxy groups -OCH3 is 2. The van der Waals surface area contributed by atoms with Crippen molar-refractivity contribution >= 4 is 17.6 Å². The number of aromatic hydroxyl groups is 1. The third-order valence-corrected chi connectivity index (χ3v) is 3.45. The van der Waals surface area contributed by atoms with Crippen molar-refractivity contribution in [2.24, 2.45) is 0 Å². The zero-order valence-corrected chi connectivity index (χ0v) is 12.4. The molecule has 0 spiro atoms. The highest BCUT2D eigenvalue weighted by Crippen LogP contribution is 2.34. The van der Waals surface area contributed by atoms with Crippen molar-refractivity contribution in [3.05, 3.63) is 27.8 Å². The van der Waals surface area contributed by atoms with Gasteiger partial charge in [0.05, 0.1) is 13.7 Å². The van der Waals surface area contributed by atoms with Crippen molar-refractivity contribution in [1.82, 2.24) is 0 Å². The molecule has 4 nitrogen and oxygen atoms in total. The lowest BCUT2D eigenvalue weighted by Gasteiger charge is -2.19. The number of hydrogen-bond donors (Lipinski definition) is 1. The predicted octanol–water partition coefficient (Wildman–Crippen LogP) is 2.72. The number of benzene rings is 1. The average molecular weight is 287 g/mol. The summed E-state index contributed by atoms with van der Waals surface area (Å²) < 4.78 is 9.88. The number of esters is 1. The van der Waals surface area contributed by atoms with Crippen molar-refractivity contribution in [2.75, 3.05) is 20.1 Å². The Morgan fingerprint density at radius 1 is 1.21 bits per heavy atom. The van der Waals surface area contributed by atoms with Gasteiger partial charge < -0.3 is 14.6 Å². The number of phenolic OH excluding ortho intramolecular Hbond substituents is 1. The summed E-state index contributed by atoms with van der Waals surface area (Å²) in [6.45, 7) is 3.91. The van der Waals surface area contributed by atoms with E-state index in [-0.39, 0.29) is 11.3 Å². The fraction of sp³-hybridized carbons (Fsp3) is 0.500. The molecule has 5 heteroatoms. The second kappa shape index (κ2) is 6.78. The predicted molar refractivity (Wildman–Crippen MR) is 74.1 cm³/mol. The summed E-state index contributed by atoms with van der Waals surface area (Å²) in [5.41, 5.74) is 3.36. The van der Waals surface area contributed by atoms with Gasteiger partial charge in [-0.05, 0) is 42.5 Å². The van der Waals surface area contributed by atoms with Gasteiger partial charge in [0.25, 0.3) is 0 Å². The van der Waals surface area contributed by atoms with Crippen LogP contribution in [-0.2, 0) is 22.5 Å². The zero-order valence-electron chi connectivity index (χ0n) is 11.7. The molecule has 0 radical (unpaired) electrons. The summed E-state index contributed by atoms with van der Waals surface area (Å²) in [6, 6.07) is 0. The van der Waals surface area contributed by atoms with E-state index in [2.05, 4.69) is 0 Å². The van der Waals surface area contributed by atoms with Crippen LogP contribution in [0.5, 0.6) is 5.75 Å². The van der Waals surface area contributed by atoms with Gasteiger partial charge in [0.2, 0.25) is 0 Å². The summed E-state index contributed by atoms with van der Waals surface area (Å²) in [6.07, 6.45) is 0.608. The monoisotopic (exact) mass is 286 g/mol. The third kappa shape index (κ3) is 3.01. The van der Waals surface area contributed by atoms with Gasteiger partial charge in [-0.3, -0.25) is 0 Å². The number of rotatable bonds is 5. The van der Waals surface area contributed by atoms with Crippen LogP contribution in [0.2, 0.25) is 0 Å². The molecule has 0 aliphatic rings. The fourth-order valence-corrected chi connectivity index (χ4v) is 2.42. The summed E-state index contributed by atoms with van der Waals surface area (Å²) in [5, 5.41) is 10.2. The van der Waals surface area contributed by atoms with Gasteiger partial charge >= 0.3 is 5.97 Å². The van der Waals surface area contributed by atoms with Crippen molar-refractivity contribution in [3.8, 4) is 5.75 Å². The van der Waals surface area contributed by atoms with Gasteiger partial charge in [0.15, 0.2) is 0 Å². The molecular formula is C14H19ClO4. The Kier molecular flexibility index (Phi) is 5.63. The quantitative estimate of drug-likeness (QED) is 0.668. The first-order valence-corrected chi connectivity index (χ1v) is 6.50. The van der Waals surface area contributed by atoms with Gasteiger partial charge in [0.1, 0.15) is 11.3 Å². The van der Waals surface area contributed by atoms with Gasteiger partial charge in [-0.25, -0.2) is 4.79 Å². The molecule has 0 saturated carbocycles. The van der Waals surface area contributed by atoms with E-state index < -0.39 is 5.97 Å². The molecule has 0 aromatic heterocycles.